The number of sulfonamides is 1. The Hall–Kier alpha value is -4.15. The van der Waals surface area contributed by atoms with E-state index in [-0.39, 0.29) is 23.9 Å². The number of fused-ring (bicyclic) bond motifs is 5. The van der Waals surface area contributed by atoms with E-state index in [1.807, 2.05) is 0 Å². The van der Waals surface area contributed by atoms with Crippen molar-refractivity contribution in [3.8, 4) is 0 Å². The Kier molecular flexibility index (Phi) is 7.19. The molecule has 1 saturated heterocycles. The second-order valence-electron chi connectivity index (χ2n) is 9.81. The molecule has 17 heteroatoms. The Bertz CT molecular complexity index is 1650. The van der Waals surface area contributed by atoms with Gasteiger partial charge >= 0.3 is 18.3 Å². The molecule has 3 aromatic rings. The number of nitrogens with zero attached hydrogens (tertiary/aromatic N) is 5. The van der Waals surface area contributed by atoms with Crippen LogP contribution < -0.4 is 14.9 Å². The summed E-state index contributed by atoms with van der Waals surface area (Å²) in [5, 5.41) is 5.36. The van der Waals surface area contributed by atoms with Gasteiger partial charge in [0.25, 0.3) is 0 Å². The molecular weight excluding hydrogens is 592 g/mol. The number of carbonyl (C=O) groups excluding carboxylic acids is 1. The van der Waals surface area contributed by atoms with Gasteiger partial charge in [-0.15, -0.1) is 0 Å². The quantitative estimate of drug-likeness (QED) is 0.360. The van der Waals surface area contributed by atoms with Crippen LogP contribution in [0, 0.1) is 0 Å². The van der Waals surface area contributed by atoms with Gasteiger partial charge in [-0.3, -0.25) is 9.10 Å². The molecule has 1 fully saturated rings. The number of alkyl halides is 6. The number of nitrogens with one attached hydrogen (secondary N) is 2. The van der Waals surface area contributed by atoms with Gasteiger partial charge in [-0.25, -0.2) is 18.4 Å². The lowest BCUT2D eigenvalue weighted by molar-refractivity contribution is -0.188. The van der Waals surface area contributed by atoms with Crippen LogP contribution in [0.3, 0.4) is 0 Å². The second-order valence-corrected chi connectivity index (χ2v) is 11.8. The minimum Gasteiger partial charge on any atom is -0.365 e. The van der Waals surface area contributed by atoms with Crippen LogP contribution in [-0.4, -0.2) is 53.7 Å². The molecule has 2 N–H and O–H groups in total. The first-order chi connectivity index (χ1) is 19.6. The summed E-state index contributed by atoms with van der Waals surface area (Å²) in [5.41, 5.74) is 0.492. The molecule has 2 atom stereocenters. The van der Waals surface area contributed by atoms with E-state index in [4.69, 9.17) is 0 Å². The maximum atomic E-state index is 13.8. The molecule has 4 heterocycles. The normalized spacial score (nSPS) is 18.1. The first kappa shape index (κ1) is 29.3. The molecule has 0 radical (unpaired) electrons. The zero-order valence-electron chi connectivity index (χ0n) is 22.0. The van der Waals surface area contributed by atoms with Crippen molar-refractivity contribution in [2.24, 2.45) is 0 Å². The zero-order chi connectivity index (χ0) is 30.6. The number of pyridine rings is 1. The number of halogens is 6. The van der Waals surface area contributed by atoms with Crippen LogP contribution in [0.25, 0.3) is 0 Å². The monoisotopic (exact) mass is 615 g/mol. The number of anilines is 4. The molecule has 2 aromatic heterocycles. The Labute approximate surface area is 235 Å². The molecule has 5 rings (SSSR count). The summed E-state index contributed by atoms with van der Waals surface area (Å²) in [5.74, 6) is -2.74. The van der Waals surface area contributed by atoms with Gasteiger partial charge in [-0.05, 0) is 42.2 Å². The van der Waals surface area contributed by atoms with Gasteiger partial charge in [-0.1, -0.05) is 12.1 Å². The fraction of sp³-hybridized carbons (Fsp3) is 0.360. The largest absolute Gasteiger partial charge is 0.471 e. The van der Waals surface area contributed by atoms with Gasteiger partial charge in [0.15, 0.2) is 0 Å². The molecule has 1 amide bonds. The molecule has 0 spiro atoms. The molecule has 2 aliphatic heterocycles. The lowest BCUT2D eigenvalue weighted by Crippen LogP contribution is -2.39. The van der Waals surface area contributed by atoms with Crippen LogP contribution in [0.4, 0.5) is 49.6 Å². The smallest absolute Gasteiger partial charge is 0.365 e. The molecule has 2 aliphatic rings. The van der Waals surface area contributed by atoms with Crippen molar-refractivity contribution in [1.82, 2.24) is 19.9 Å². The van der Waals surface area contributed by atoms with Crippen molar-refractivity contribution in [3.63, 3.8) is 0 Å². The topological polar surface area (TPSA) is 120 Å². The van der Waals surface area contributed by atoms with Crippen molar-refractivity contribution < 1.29 is 39.6 Å². The van der Waals surface area contributed by atoms with E-state index in [1.165, 1.54) is 37.5 Å². The fourth-order valence-corrected chi connectivity index (χ4v) is 5.68. The van der Waals surface area contributed by atoms with Crippen LogP contribution in [-0.2, 0) is 27.5 Å². The number of amides is 1. The van der Waals surface area contributed by atoms with Crippen LogP contribution in [0.1, 0.15) is 47.2 Å². The lowest BCUT2D eigenvalue weighted by Gasteiger charge is -2.23. The summed E-state index contributed by atoms with van der Waals surface area (Å²) in [6.07, 6.45) is -6.24. The van der Waals surface area contributed by atoms with Crippen molar-refractivity contribution in [3.05, 3.63) is 65.0 Å². The minimum atomic E-state index is -5.02. The van der Waals surface area contributed by atoms with Crippen LogP contribution >= 0.6 is 0 Å². The number of aromatic nitrogens is 3. The first-order valence-corrected chi connectivity index (χ1v) is 14.3. The molecule has 0 aliphatic carbocycles. The van der Waals surface area contributed by atoms with Gasteiger partial charge < -0.3 is 15.5 Å². The predicted molar refractivity (Wildman–Crippen MR) is 139 cm³/mol. The average molecular weight is 616 g/mol. The number of hydrogen-bond acceptors (Lipinski definition) is 8. The highest BCUT2D eigenvalue weighted by Crippen LogP contribution is 2.54. The van der Waals surface area contributed by atoms with E-state index in [0.29, 0.717) is 35.9 Å². The summed E-state index contributed by atoms with van der Waals surface area (Å²) in [6, 6.07) is 6.15. The summed E-state index contributed by atoms with van der Waals surface area (Å²) in [7, 11) is -2.45. The number of rotatable bonds is 7. The van der Waals surface area contributed by atoms with E-state index >= 15 is 0 Å². The van der Waals surface area contributed by atoms with Gasteiger partial charge in [0.2, 0.25) is 16.0 Å². The molecule has 10 nitrogen and oxygen atoms in total. The van der Waals surface area contributed by atoms with Gasteiger partial charge in [0.1, 0.15) is 17.2 Å². The summed E-state index contributed by atoms with van der Waals surface area (Å²) < 4.78 is 106. The molecule has 224 valence electrons. The zero-order valence-corrected chi connectivity index (χ0v) is 22.8. The Morgan fingerprint density at radius 3 is 2.40 bits per heavy atom. The molecule has 2 unspecified atom stereocenters. The van der Waals surface area contributed by atoms with Gasteiger partial charge in [0, 0.05) is 37.2 Å². The molecule has 42 heavy (non-hydrogen) atoms. The lowest BCUT2D eigenvalue weighted by atomic mass is 9.91. The van der Waals surface area contributed by atoms with E-state index in [0.717, 1.165) is 15.5 Å². The standard InChI is InChI=1S/C25H23F6N7O3S/c1-37(42(2,40)41)21-13(4-3-9-32-21)11-33-20-17(24(26,27)28)12-34-23(36-20)35-14-5-6-15-16(10-14)19-8-7-18(15)38(19)22(39)25(29,30)31/h3-6,9-10,12,18-19H,7-8,11H2,1-2H3,(H2,33,34,35,36). The molecule has 2 bridgehead atoms. The van der Waals surface area contributed by atoms with Gasteiger partial charge in [-0.2, -0.15) is 31.3 Å². The van der Waals surface area contributed by atoms with E-state index in [9.17, 15) is 39.6 Å². The maximum Gasteiger partial charge on any atom is 0.471 e. The number of benzene rings is 1. The third-order valence-electron chi connectivity index (χ3n) is 7.13. The molecule has 0 saturated carbocycles. The van der Waals surface area contributed by atoms with Crippen molar-refractivity contribution in [2.75, 3.05) is 28.2 Å². The minimum absolute atomic E-state index is 0.0129. The Morgan fingerprint density at radius 1 is 1.07 bits per heavy atom. The predicted octanol–water partition coefficient (Wildman–Crippen LogP) is 4.92. The van der Waals surface area contributed by atoms with E-state index in [2.05, 4.69) is 25.6 Å². The van der Waals surface area contributed by atoms with E-state index < -0.39 is 51.7 Å². The Balaban J connectivity index is 1.40. The average Bonchev–Trinajstić information content (AvgIpc) is 3.46. The van der Waals surface area contributed by atoms with Gasteiger partial charge in [0.05, 0.1) is 18.3 Å². The SMILES string of the molecule is CN(c1ncccc1CNc1nc(Nc2ccc3c(c2)C2CCC3N2C(=O)C(F)(F)F)ncc1C(F)(F)F)S(C)(=O)=O. The third kappa shape index (κ3) is 5.52. The number of hydrogen-bond donors (Lipinski definition) is 2. The number of carbonyl (C=O) groups is 1. The third-order valence-corrected chi connectivity index (χ3v) is 8.29. The maximum absolute atomic E-state index is 13.8. The molecular formula is C25H23F6N7O3S. The highest BCUT2D eigenvalue weighted by Gasteiger charge is 2.54. The van der Waals surface area contributed by atoms with Crippen molar-refractivity contribution in [2.45, 2.75) is 43.8 Å². The van der Waals surface area contributed by atoms with Crippen molar-refractivity contribution >= 4 is 39.2 Å². The van der Waals surface area contributed by atoms with E-state index in [1.54, 1.807) is 6.07 Å². The highest BCUT2D eigenvalue weighted by molar-refractivity contribution is 7.92. The van der Waals surface area contributed by atoms with Crippen molar-refractivity contribution in [1.29, 1.82) is 0 Å². The Morgan fingerprint density at radius 2 is 1.76 bits per heavy atom. The summed E-state index contributed by atoms with van der Waals surface area (Å²) in [4.78, 5) is 24.6. The van der Waals surface area contributed by atoms with Crippen LogP contribution in [0.2, 0.25) is 0 Å². The highest BCUT2D eigenvalue weighted by atomic mass is 32.2. The fourth-order valence-electron chi connectivity index (χ4n) is 5.20. The second kappa shape index (κ2) is 10.3. The molecule has 1 aromatic carbocycles. The first-order valence-electron chi connectivity index (χ1n) is 12.4. The summed E-state index contributed by atoms with van der Waals surface area (Å²) >= 11 is 0. The summed E-state index contributed by atoms with van der Waals surface area (Å²) in [6.45, 7) is -0.270. The van der Waals surface area contributed by atoms with Crippen LogP contribution in [0.15, 0.2) is 42.7 Å². The van der Waals surface area contributed by atoms with Crippen LogP contribution in [0.5, 0.6) is 0 Å².